The summed E-state index contributed by atoms with van der Waals surface area (Å²) in [7, 11) is 0. The molecular formula is C14H18Cl2N2O. The number of benzene rings is 1. The van der Waals surface area contributed by atoms with Crippen molar-refractivity contribution in [1.29, 1.82) is 0 Å². The first-order valence-corrected chi connectivity index (χ1v) is 6.49. The number of nitrogens with two attached hydrogens (primary N) is 1. The summed E-state index contributed by atoms with van der Waals surface area (Å²) in [5, 5.41) is 4.79. The van der Waals surface area contributed by atoms with E-state index in [0.717, 1.165) is 29.9 Å². The lowest BCUT2D eigenvalue weighted by molar-refractivity contribution is 0.278. The fourth-order valence-electron chi connectivity index (χ4n) is 1.87. The van der Waals surface area contributed by atoms with Crippen LogP contribution in [0.4, 0.5) is 0 Å². The van der Waals surface area contributed by atoms with Crippen LogP contribution in [0, 0.1) is 0 Å². The van der Waals surface area contributed by atoms with Gasteiger partial charge in [0.25, 0.3) is 0 Å². The Morgan fingerprint density at radius 2 is 1.79 bits per heavy atom. The van der Waals surface area contributed by atoms with Crippen LogP contribution in [0.15, 0.2) is 34.9 Å². The molecule has 5 heteroatoms. The summed E-state index contributed by atoms with van der Waals surface area (Å²) in [5.41, 5.74) is 7.61. The van der Waals surface area contributed by atoms with E-state index in [9.17, 15) is 0 Å². The van der Waals surface area contributed by atoms with Gasteiger partial charge in [-0.05, 0) is 25.0 Å². The monoisotopic (exact) mass is 300 g/mol. The second-order valence-electron chi connectivity index (χ2n) is 4.45. The third-order valence-electron chi connectivity index (χ3n) is 3.40. The van der Waals surface area contributed by atoms with E-state index in [2.05, 4.69) is 5.16 Å². The van der Waals surface area contributed by atoms with Crippen LogP contribution in [0.25, 0.3) is 11.3 Å². The van der Waals surface area contributed by atoms with Gasteiger partial charge in [0.1, 0.15) is 5.69 Å². The zero-order chi connectivity index (χ0) is 13.2. The van der Waals surface area contributed by atoms with Crippen LogP contribution in [0.1, 0.15) is 32.4 Å². The molecule has 0 bridgehead atoms. The van der Waals surface area contributed by atoms with Crippen molar-refractivity contribution in [3.05, 3.63) is 41.1 Å². The number of hydrogen-bond acceptors (Lipinski definition) is 3. The predicted octanol–water partition coefficient (Wildman–Crippen LogP) is 4.39. The maximum Gasteiger partial charge on any atom is 0.157 e. The number of hydrogen-bond donors (Lipinski definition) is 1. The van der Waals surface area contributed by atoms with Crippen molar-refractivity contribution in [3.8, 4) is 11.3 Å². The SMILES string of the molecule is CCC(N)(CC)c1cc(-c2ccc(Cl)cc2)no1.Cl. The maximum absolute atomic E-state index is 6.28. The van der Waals surface area contributed by atoms with Crippen LogP contribution in [0.3, 0.4) is 0 Å². The highest BCUT2D eigenvalue weighted by Crippen LogP contribution is 2.29. The van der Waals surface area contributed by atoms with Crippen molar-refractivity contribution in [2.45, 2.75) is 32.2 Å². The zero-order valence-corrected chi connectivity index (χ0v) is 12.6. The Bertz CT molecular complexity index is 518. The Morgan fingerprint density at radius 3 is 2.32 bits per heavy atom. The van der Waals surface area contributed by atoms with Gasteiger partial charge in [0, 0.05) is 16.7 Å². The second kappa shape index (κ2) is 6.42. The first-order chi connectivity index (χ1) is 8.59. The number of aromatic nitrogens is 1. The second-order valence-corrected chi connectivity index (χ2v) is 4.88. The summed E-state index contributed by atoms with van der Waals surface area (Å²) in [6, 6.07) is 9.41. The minimum atomic E-state index is -0.433. The Labute approximate surface area is 124 Å². The maximum atomic E-state index is 6.28. The van der Waals surface area contributed by atoms with Gasteiger partial charge in [0.05, 0.1) is 5.54 Å². The molecule has 1 aromatic carbocycles. The fourth-order valence-corrected chi connectivity index (χ4v) is 1.99. The Morgan fingerprint density at radius 1 is 1.21 bits per heavy atom. The molecule has 0 amide bonds. The molecule has 2 N–H and O–H groups in total. The minimum Gasteiger partial charge on any atom is -0.359 e. The first kappa shape index (κ1) is 16.0. The molecule has 3 nitrogen and oxygen atoms in total. The van der Waals surface area contributed by atoms with Gasteiger partial charge in [0.2, 0.25) is 0 Å². The third kappa shape index (κ3) is 3.30. The molecule has 0 fully saturated rings. The topological polar surface area (TPSA) is 52.0 Å². The van der Waals surface area contributed by atoms with E-state index in [4.69, 9.17) is 21.9 Å². The summed E-state index contributed by atoms with van der Waals surface area (Å²) in [6.07, 6.45) is 1.64. The molecule has 0 saturated heterocycles. The van der Waals surface area contributed by atoms with Gasteiger partial charge in [-0.15, -0.1) is 12.4 Å². The van der Waals surface area contributed by atoms with Gasteiger partial charge in [-0.25, -0.2) is 0 Å². The largest absolute Gasteiger partial charge is 0.359 e. The molecule has 1 heterocycles. The highest BCUT2D eigenvalue weighted by molar-refractivity contribution is 6.30. The number of rotatable bonds is 4. The van der Waals surface area contributed by atoms with E-state index in [-0.39, 0.29) is 12.4 Å². The number of nitrogens with zero attached hydrogens (tertiary/aromatic N) is 1. The Balaban J connectivity index is 0.00000180. The summed E-state index contributed by atoms with van der Waals surface area (Å²) >= 11 is 5.86. The van der Waals surface area contributed by atoms with E-state index >= 15 is 0 Å². The smallest absolute Gasteiger partial charge is 0.157 e. The predicted molar refractivity (Wildman–Crippen MR) is 80.6 cm³/mol. The molecule has 0 atom stereocenters. The molecule has 2 rings (SSSR count). The molecule has 0 aliphatic rings. The molecule has 0 unspecified atom stereocenters. The molecule has 2 aromatic rings. The van der Waals surface area contributed by atoms with E-state index in [1.54, 1.807) is 0 Å². The summed E-state index contributed by atoms with van der Waals surface area (Å²) in [4.78, 5) is 0. The van der Waals surface area contributed by atoms with Crippen molar-refractivity contribution in [1.82, 2.24) is 5.16 Å². The van der Waals surface area contributed by atoms with Gasteiger partial charge in [-0.3, -0.25) is 0 Å². The molecule has 0 radical (unpaired) electrons. The van der Waals surface area contributed by atoms with Crippen molar-refractivity contribution in [2.24, 2.45) is 5.73 Å². The average Bonchev–Trinajstić information content (AvgIpc) is 2.89. The lowest BCUT2D eigenvalue weighted by Gasteiger charge is -2.22. The van der Waals surface area contributed by atoms with Crippen LogP contribution in [0.2, 0.25) is 5.02 Å². The van der Waals surface area contributed by atoms with Crippen LogP contribution in [-0.4, -0.2) is 5.16 Å². The molecule has 0 aliphatic carbocycles. The van der Waals surface area contributed by atoms with Crippen LogP contribution in [-0.2, 0) is 5.54 Å². The summed E-state index contributed by atoms with van der Waals surface area (Å²) in [5.74, 6) is 0.734. The summed E-state index contributed by atoms with van der Waals surface area (Å²) in [6.45, 7) is 4.10. The van der Waals surface area contributed by atoms with Crippen molar-refractivity contribution < 1.29 is 4.52 Å². The first-order valence-electron chi connectivity index (χ1n) is 6.11. The fraction of sp³-hybridized carbons (Fsp3) is 0.357. The lowest BCUT2D eigenvalue weighted by atomic mass is 9.91. The van der Waals surface area contributed by atoms with Crippen molar-refractivity contribution in [3.63, 3.8) is 0 Å². The van der Waals surface area contributed by atoms with Crippen LogP contribution in [0.5, 0.6) is 0 Å². The highest BCUT2D eigenvalue weighted by Gasteiger charge is 2.28. The van der Waals surface area contributed by atoms with E-state index in [1.165, 1.54) is 0 Å². The van der Waals surface area contributed by atoms with Gasteiger partial charge in [-0.2, -0.15) is 0 Å². The standard InChI is InChI=1S/C14H17ClN2O.ClH/c1-3-14(16,4-2)13-9-12(17-18-13)10-5-7-11(15)8-6-10;/h5-9H,3-4,16H2,1-2H3;1H. The molecule has 1 aromatic heterocycles. The van der Waals surface area contributed by atoms with Gasteiger partial charge in [-0.1, -0.05) is 42.7 Å². The summed E-state index contributed by atoms with van der Waals surface area (Å²) < 4.78 is 5.39. The minimum absolute atomic E-state index is 0. The van der Waals surface area contributed by atoms with Crippen LogP contribution < -0.4 is 5.73 Å². The van der Waals surface area contributed by atoms with Crippen molar-refractivity contribution in [2.75, 3.05) is 0 Å². The molecular weight excluding hydrogens is 283 g/mol. The lowest BCUT2D eigenvalue weighted by Crippen LogP contribution is -2.34. The van der Waals surface area contributed by atoms with Gasteiger partial charge < -0.3 is 10.3 Å². The van der Waals surface area contributed by atoms with E-state index in [0.29, 0.717) is 5.02 Å². The highest BCUT2D eigenvalue weighted by atomic mass is 35.5. The third-order valence-corrected chi connectivity index (χ3v) is 3.65. The average molecular weight is 301 g/mol. The quantitative estimate of drug-likeness (QED) is 0.911. The zero-order valence-electron chi connectivity index (χ0n) is 11.0. The number of halogens is 2. The molecule has 19 heavy (non-hydrogen) atoms. The normalized spacial score (nSPS) is 11.2. The van der Waals surface area contributed by atoms with Gasteiger partial charge >= 0.3 is 0 Å². The molecule has 0 aliphatic heterocycles. The molecule has 0 saturated carbocycles. The molecule has 104 valence electrons. The van der Waals surface area contributed by atoms with Crippen molar-refractivity contribution >= 4 is 24.0 Å². The van der Waals surface area contributed by atoms with E-state index in [1.807, 2.05) is 44.2 Å². The van der Waals surface area contributed by atoms with Crippen LogP contribution >= 0.6 is 24.0 Å². The Kier molecular flexibility index (Phi) is 5.41. The molecule has 0 spiro atoms. The van der Waals surface area contributed by atoms with Gasteiger partial charge in [0.15, 0.2) is 5.76 Å². The van der Waals surface area contributed by atoms with E-state index < -0.39 is 5.54 Å². The Hall–Kier alpha value is -1.03.